The van der Waals surface area contributed by atoms with E-state index < -0.39 is 59.9 Å². The van der Waals surface area contributed by atoms with Crippen LogP contribution in [0.25, 0.3) is 11.3 Å². The van der Waals surface area contributed by atoms with Gasteiger partial charge in [0.1, 0.15) is 18.0 Å². The van der Waals surface area contributed by atoms with Crippen molar-refractivity contribution in [1.82, 2.24) is 20.9 Å². The molecule has 4 aromatic rings. The number of benzene rings is 3. The van der Waals surface area contributed by atoms with E-state index in [1.807, 2.05) is 38.1 Å². The van der Waals surface area contributed by atoms with Gasteiger partial charge in [-0.05, 0) is 53.8 Å². The number of ether oxygens (including phenoxy) is 3. The fourth-order valence-electron chi connectivity index (χ4n) is 6.56. The number of ketones is 2. The summed E-state index contributed by atoms with van der Waals surface area (Å²) in [5.41, 5.74) is 2.51. The van der Waals surface area contributed by atoms with Gasteiger partial charge in [0, 0.05) is 27.2 Å². The molecule has 1 aromatic heterocycles. The molecule has 3 aromatic carbocycles. The van der Waals surface area contributed by atoms with Gasteiger partial charge in [0.15, 0.2) is 17.3 Å². The molecule has 4 N–H and O–H groups in total. The van der Waals surface area contributed by atoms with Crippen LogP contribution in [0, 0.1) is 5.92 Å². The van der Waals surface area contributed by atoms with Crippen molar-refractivity contribution in [1.29, 1.82) is 0 Å². The first-order chi connectivity index (χ1) is 26.2. The molecule has 0 bridgehead atoms. The molecule has 0 aliphatic heterocycles. The van der Waals surface area contributed by atoms with Crippen LogP contribution < -0.4 is 30.2 Å². The molecule has 4 atom stereocenters. The second kappa shape index (κ2) is 17.8. The maximum atomic E-state index is 14.4. The van der Waals surface area contributed by atoms with E-state index in [1.54, 1.807) is 12.1 Å². The van der Waals surface area contributed by atoms with E-state index in [0.29, 0.717) is 27.8 Å². The van der Waals surface area contributed by atoms with Crippen LogP contribution in [0.1, 0.15) is 58.4 Å². The van der Waals surface area contributed by atoms with Gasteiger partial charge >= 0.3 is 5.97 Å². The summed E-state index contributed by atoms with van der Waals surface area (Å²) in [4.78, 5) is 70.6. The number of halogens is 2. The van der Waals surface area contributed by atoms with E-state index in [-0.39, 0.29) is 41.0 Å². The molecular weight excluding hydrogens is 755 g/mol. The third-order valence-corrected chi connectivity index (χ3v) is 9.59. The highest BCUT2D eigenvalue weighted by Gasteiger charge is 2.42. The minimum absolute atomic E-state index is 0.186. The molecule has 2 amide bonds. The second-order valence-corrected chi connectivity index (χ2v) is 14.0. The number of carbonyl (C=O) groups excluding carboxylic acids is 4. The Kier molecular flexibility index (Phi) is 13.2. The first-order valence-electron chi connectivity index (χ1n) is 17.2. The zero-order valence-electron chi connectivity index (χ0n) is 30.6. The van der Waals surface area contributed by atoms with Crippen LogP contribution in [0.3, 0.4) is 0 Å². The fourth-order valence-corrected chi connectivity index (χ4v) is 7.08. The van der Waals surface area contributed by atoms with Crippen LogP contribution in [-0.4, -0.2) is 85.4 Å². The molecule has 2 unspecified atom stereocenters. The average molecular weight is 796 g/mol. The molecular formula is C39H40Cl2N4O10. The number of nitrogens with zero attached hydrogens (tertiary/aromatic N) is 1. The van der Waals surface area contributed by atoms with Crippen LogP contribution in [0.2, 0.25) is 10.0 Å². The summed E-state index contributed by atoms with van der Waals surface area (Å²) >= 11 is 12.2. The number of aromatic nitrogens is 1. The van der Waals surface area contributed by atoms with E-state index >= 15 is 0 Å². The number of oxazole rings is 1. The lowest BCUT2D eigenvalue weighted by atomic mass is 9.85. The number of methoxy groups -OCH3 is 3. The lowest BCUT2D eigenvalue weighted by Crippen LogP contribution is -2.51. The zero-order valence-corrected chi connectivity index (χ0v) is 32.1. The number of carbonyl (C=O) groups is 5. The van der Waals surface area contributed by atoms with E-state index in [1.165, 1.54) is 45.8 Å². The zero-order chi connectivity index (χ0) is 40.0. The Morgan fingerprint density at radius 2 is 1.58 bits per heavy atom. The number of amides is 2. The molecule has 55 heavy (non-hydrogen) atoms. The standard InChI is InChI=1S/C39H40Cl2N4O10/c1-19(2)34(45-38(51)22-13-29(52-3)37(54-5)30(14-22)53-4)36(50)33-25-9-7-6-8-20(25)12-26(33)42-17-31(46)43-27(16-32(47)48)35(49)39-44-28(18-55-39)21-10-23(40)15-24(41)11-21/h6-11,13-15,18-19,26-27,33-34,42H,12,16-17H2,1-5H3,(H,43,46)(H,45,51)(H,47,48)/t26?,27-,33?,34-/m0/s1. The predicted molar refractivity (Wildman–Crippen MR) is 202 cm³/mol. The molecule has 0 saturated carbocycles. The van der Waals surface area contributed by atoms with Gasteiger partial charge < -0.3 is 39.7 Å². The predicted octanol–water partition coefficient (Wildman–Crippen LogP) is 5.14. The summed E-state index contributed by atoms with van der Waals surface area (Å²) in [5, 5.41) is 18.7. The quantitative estimate of drug-likeness (QED) is 0.103. The van der Waals surface area contributed by atoms with Gasteiger partial charge in [-0.25, -0.2) is 4.98 Å². The highest BCUT2D eigenvalue weighted by molar-refractivity contribution is 6.35. The lowest BCUT2D eigenvalue weighted by molar-refractivity contribution is -0.137. The molecule has 0 saturated heterocycles. The molecule has 0 radical (unpaired) electrons. The van der Waals surface area contributed by atoms with Crippen LogP contribution in [0.4, 0.5) is 0 Å². The molecule has 0 fully saturated rings. The van der Waals surface area contributed by atoms with Gasteiger partial charge in [-0.2, -0.15) is 0 Å². The minimum Gasteiger partial charge on any atom is -0.493 e. The van der Waals surface area contributed by atoms with E-state index in [2.05, 4.69) is 20.9 Å². The van der Waals surface area contributed by atoms with Crippen molar-refractivity contribution in [2.45, 2.75) is 50.7 Å². The molecule has 16 heteroatoms. The van der Waals surface area contributed by atoms with Crippen LogP contribution >= 0.6 is 23.2 Å². The van der Waals surface area contributed by atoms with E-state index in [0.717, 1.165) is 11.1 Å². The highest BCUT2D eigenvalue weighted by atomic mass is 35.5. The summed E-state index contributed by atoms with van der Waals surface area (Å²) < 4.78 is 21.5. The Morgan fingerprint density at radius 1 is 0.927 bits per heavy atom. The molecule has 0 spiro atoms. The van der Waals surface area contributed by atoms with Crippen molar-refractivity contribution in [3.05, 3.63) is 93.5 Å². The Hall–Kier alpha value is -5.44. The summed E-state index contributed by atoms with van der Waals surface area (Å²) in [7, 11) is 4.31. The first kappa shape index (κ1) is 40.7. The van der Waals surface area contributed by atoms with Crippen molar-refractivity contribution >= 4 is 52.6 Å². The van der Waals surface area contributed by atoms with Crippen LogP contribution in [0.5, 0.6) is 17.2 Å². The van der Waals surface area contributed by atoms with Crippen molar-refractivity contribution in [3.8, 4) is 28.5 Å². The summed E-state index contributed by atoms with van der Waals surface area (Å²) in [6.45, 7) is 3.26. The SMILES string of the molecule is COc1cc(C(=O)N[C@H](C(=O)C2c3ccccc3CC2NCC(=O)N[C@@H](CC(=O)O)C(=O)c2nc(-c3cc(Cl)cc(Cl)c3)co2)C(C)C)cc(OC)c1OC. The summed E-state index contributed by atoms with van der Waals surface area (Å²) in [6.07, 6.45) is 0.835. The van der Waals surface area contributed by atoms with Crippen LogP contribution in [-0.2, 0) is 20.8 Å². The summed E-state index contributed by atoms with van der Waals surface area (Å²) in [5.74, 6) is -4.39. The van der Waals surface area contributed by atoms with Gasteiger partial charge in [0.25, 0.3) is 11.8 Å². The number of carboxylic acids is 1. The number of carboxylic acid groups (broad SMARTS) is 1. The molecule has 1 heterocycles. The second-order valence-electron chi connectivity index (χ2n) is 13.2. The smallest absolute Gasteiger partial charge is 0.305 e. The molecule has 290 valence electrons. The van der Waals surface area contributed by atoms with Crippen molar-refractivity contribution in [3.63, 3.8) is 0 Å². The van der Waals surface area contributed by atoms with Gasteiger partial charge in [0.05, 0.1) is 46.3 Å². The number of hydrogen-bond donors (Lipinski definition) is 4. The number of Topliss-reactive ketones (excluding diaryl/α,β-unsaturated/α-hetero) is 2. The number of nitrogens with one attached hydrogen (secondary N) is 3. The minimum atomic E-state index is -1.52. The third kappa shape index (κ3) is 9.45. The Labute approximate surface area is 326 Å². The number of rotatable bonds is 17. The lowest BCUT2D eigenvalue weighted by Gasteiger charge is -2.28. The number of hydrogen-bond acceptors (Lipinski definition) is 11. The van der Waals surface area contributed by atoms with Crippen molar-refractivity contribution in [2.75, 3.05) is 27.9 Å². The Morgan fingerprint density at radius 3 is 2.18 bits per heavy atom. The Balaban J connectivity index is 1.31. The van der Waals surface area contributed by atoms with Crippen molar-refractivity contribution < 1.29 is 47.7 Å². The molecule has 5 rings (SSSR count). The van der Waals surface area contributed by atoms with Gasteiger partial charge in [0.2, 0.25) is 17.4 Å². The monoisotopic (exact) mass is 794 g/mol. The first-order valence-corrected chi connectivity index (χ1v) is 17.9. The van der Waals surface area contributed by atoms with Gasteiger partial charge in [-0.3, -0.25) is 24.0 Å². The topological polar surface area (TPSA) is 195 Å². The fraction of sp³-hybridized carbons (Fsp3) is 0.333. The third-order valence-electron chi connectivity index (χ3n) is 9.15. The van der Waals surface area contributed by atoms with Gasteiger partial charge in [-0.1, -0.05) is 61.3 Å². The normalized spacial score (nSPS) is 15.8. The van der Waals surface area contributed by atoms with E-state index in [4.69, 9.17) is 41.8 Å². The maximum Gasteiger partial charge on any atom is 0.305 e. The van der Waals surface area contributed by atoms with E-state index in [9.17, 15) is 29.1 Å². The largest absolute Gasteiger partial charge is 0.493 e. The summed E-state index contributed by atoms with van der Waals surface area (Å²) in [6, 6.07) is 12.0. The molecule has 14 nitrogen and oxygen atoms in total. The van der Waals surface area contributed by atoms with Gasteiger partial charge in [-0.15, -0.1) is 0 Å². The molecule has 1 aliphatic rings. The Bertz CT molecular complexity index is 2060. The van der Waals surface area contributed by atoms with Crippen LogP contribution in [0.15, 0.2) is 65.3 Å². The van der Waals surface area contributed by atoms with Crippen molar-refractivity contribution in [2.24, 2.45) is 5.92 Å². The number of aliphatic carboxylic acids is 1. The maximum absolute atomic E-state index is 14.4. The highest BCUT2D eigenvalue weighted by Crippen LogP contribution is 2.39. The molecule has 1 aliphatic carbocycles. The number of fused-ring (bicyclic) bond motifs is 1. The average Bonchev–Trinajstić information content (AvgIpc) is 3.79.